The largest absolute Gasteiger partial charge is 0.369 e. The molecule has 0 aromatic heterocycles. The van der Waals surface area contributed by atoms with Crippen molar-refractivity contribution in [2.24, 2.45) is 5.92 Å². The van der Waals surface area contributed by atoms with Gasteiger partial charge in [-0.1, -0.05) is 44.0 Å². The molecule has 1 saturated carbocycles. The minimum atomic E-state index is -0.0676. The summed E-state index contributed by atoms with van der Waals surface area (Å²) in [6.45, 7) is 5.59. The first-order valence-electron chi connectivity index (χ1n) is 8.52. The van der Waals surface area contributed by atoms with E-state index in [0.29, 0.717) is 0 Å². The number of rotatable bonds is 4. The third kappa shape index (κ3) is 3.52. The highest BCUT2D eigenvalue weighted by Crippen LogP contribution is 2.31. The fourth-order valence-electron chi connectivity index (χ4n) is 3.90. The smallest absolute Gasteiger partial charge is 0.243 e. The molecule has 3 nitrogen and oxygen atoms in total. The Balaban J connectivity index is 0.00000192. The van der Waals surface area contributed by atoms with E-state index in [1.54, 1.807) is 0 Å². The predicted octanol–water partition coefficient (Wildman–Crippen LogP) is 3.55. The van der Waals surface area contributed by atoms with E-state index in [0.717, 1.165) is 25.4 Å². The van der Waals surface area contributed by atoms with E-state index < -0.39 is 0 Å². The Labute approximate surface area is 134 Å². The second-order valence-corrected chi connectivity index (χ2v) is 6.65. The van der Waals surface area contributed by atoms with E-state index in [9.17, 15) is 4.79 Å². The first-order valence-corrected chi connectivity index (χ1v) is 8.52. The summed E-state index contributed by atoms with van der Waals surface area (Å²) in [5.74, 6) is 0.734. The molecule has 1 N–H and O–H groups in total. The minimum Gasteiger partial charge on any atom is -0.369 e. The van der Waals surface area contributed by atoms with Crippen molar-refractivity contribution in [3.8, 4) is 0 Å². The first kappa shape index (κ1) is 15.1. The Hall–Kier alpha value is -1.77. The van der Waals surface area contributed by atoms with Gasteiger partial charge in [0.2, 0.25) is 5.91 Å². The molecule has 3 rings (SSSR count). The van der Waals surface area contributed by atoms with Crippen LogP contribution >= 0.6 is 0 Å². The Bertz CT molecular complexity index is 540. The summed E-state index contributed by atoms with van der Waals surface area (Å²) < 4.78 is 0. The zero-order valence-corrected chi connectivity index (χ0v) is 13.3. The van der Waals surface area contributed by atoms with E-state index in [1.165, 1.54) is 49.4 Å². The number of carbonyl (C=O) groups excluding carboxylic acids is 1. The summed E-state index contributed by atoms with van der Waals surface area (Å²) in [5, 5.41) is 3.08. The van der Waals surface area contributed by atoms with Crippen molar-refractivity contribution in [1.29, 1.82) is 0 Å². The summed E-state index contributed by atoms with van der Waals surface area (Å²) in [6.07, 6.45) is 9.12. The second-order valence-electron chi connectivity index (χ2n) is 6.65. The van der Waals surface area contributed by atoms with Crippen LogP contribution in [-0.2, 0) is 11.2 Å². The molecule has 1 amide bonds. The molecule has 1 aliphatic heterocycles. The lowest BCUT2D eigenvalue weighted by Gasteiger charge is -2.39. The summed E-state index contributed by atoms with van der Waals surface area (Å²) in [4.78, 5) is 14.1. The highest BCUT2D eigenvalue weighted by Gasteiger charge is 2.27. The van der Waals surface area contributed by atoms with Crippen LogP contribution in [-0.4, -0.2) is 25.0 Å². The standard InChI is InChI=1S/C19H26N2O.H2/c1-2-19(22)20-17-12-16-10-6-7-11-18(16)21(14-17)13-15-8-4-3-5-9-15;/h2,6-7,10-11,15,17H,1,3-5,8-9,12-14H2,(H,20,22);1H. The van der Waals surface area contributed by atoms with Gasteiger partial charge in [0.15, 0.2) is 0 Å². The fourth-order valence-corrected chi connectivity index (χ4v) is 3.90. The maximum atomic E-state index is 11.6. The monoisotopic (exact) mass is 300 g/mol. The fraction of sp³-hybridized carbons (Fsp3) is 0.526. The van der Waals surface area contributed by atoms with Gasteiger partial charge in [-0.25, -0.2) is 0 Å². The SMILES string of the molecule is C=CC(=O)NC1Cc2ccccc2N(CC2CCCCC2)C1.[HH]. The molecule has 1 aromatic rings. The van der Waals surface area contributed by atoms with Gasteiger partial charge in [0, 0.05) is 20.2 Å². The van der Waals surface area contributed by atoms with Gasteiger partial charge in [0.25, 0.3) is 0 Å². The predicted molar refractivity (Wildman–Crippen MR) is 93.2 cm³/mol. The van der Waals surface area contributed by atoms with Gasteiger partial charge in [0.05, 0.1) is 6.04 Å². The summed E-state index contributed by atoms with van der Waals surface area (Å²) in [6, 6.07) is 8.81. The molecular formula is C19H28N2O. The van der Waals surface area contributed by atoms with Crippen molar-refractivity contribution in [2.45, 2.75) is 44.6 Å². The van der Waals surface area contributed by atoms with Crippen molar-refractivity contribution in [1.82, 2.24) is 5.32 Å². The number of nitrogens with zero attached hydrogens (tertiary/aromatic N) is 1. The van der Waals surface area contributed by atoms with E-state index in [2.05, 4.69) is 41.1 Å². The number of carbonyl (C=O) groups is 1. The Kier molecular flexibility index (Phi) is 4.81. The van der Waals surface area contributed by atoms with Crippen LogP contribution in [0.2, 0.25) is 0 Å². The number of hydrogen-bond acceptors (Lipinski definition) is 2. The normalized spacial score (nSPS) is 22.0. The summed E-state index contributed by atoms with van der Waals surface area (Å²) >= 11 is 0. The zero-order chi connectivity index (χ0) is 15.4. The number of anilines is 1. The van der Waals surface area contributed by atoms with Crippen molar-refractivity contribution in [3.63, 3.8) is 0 Å². The molecule has 0 spiro atoms. The van der Waals surface area contributed by atoms with Crippen molar-refractivity contribution >= 4 is 11.6 Å². The van der Waals surface area contributed by atoms with Crippen LogP contribution < -0.4 is 10.2 Å². The van der Waals surface area contributed by atoms with Gasteiger partial charge in [0.1, 0.15) is 0 Å². The first-order chi connectivity index (χ1) is 10.8. The maximum Gasteiger partial charge on any atom is 0.243 e. The lowest BCUT2D eigenvalue weighted by atomic mass is 9.87. The topological polar surface area (TPSA) is 32.3 Å². The second kappa shape index (κ2) is 6.99. The quantitative estimate of drug-likeness (QED) is 0.863. The molecule has 3 heteroatoms. The molecule has 1 unspecified atom stereocenters. The number of amides is 1. The molecule has 22 heavy (non-hydrogen) atoms. The van der Waals surface area contributed by atoms with Crippen LogP contribution in [0.3, 0.4) is 0 Å². The van der Waals surface area contributed by atoms with Crippen molar-refractivity contribution in [2.75, 3.05) is 18.0 Å². The molecule has 120 valence electrons. The van der Waals surface area contributed by atoms with Crippen LogP contribution in [0.1, 0.15) is 39.1 Å². The molecule has 1 fully saturated rings. The van der Waals surface area contributed by atoms with Gasteiger partial charge in [-0.2, -0.15) is 0 Å². The summed E-state index contributed by atoms with van der Waals surface area (Å²) in [5.41, 5.74) is 2.70. The lowest BCUT2D eigenvalue weighted by Crippen LogP contribution is -2.49. The third-order valence-corrected chi connectivity index (χ3v) is 4.97. The molecule has 0 radical (unpaired) electrons. The van der Waals surface area contributed by atoms with Gasteiger partial charge in [-0.3, -0.25) is 4.79 Å². The van der Waals surface area contributed by atoms with E-state index >= 15 is 0 Å². The van der Waals surface area contributed by atoms with Crippen LogP contribution in [0.5, 0.6) is 0 Å². The van der Waals surface area contributed by atoms with Gasteiger partial charge >= 0.3 is 0 Å². The third-order valence-electron chi connectivity index (χ3n) is 4.97. The highest BCUT2D eigenvalue weighted by molar-refractivity contribution is 5.87. The average molecular weight is 300 g/mol. The Morgan fingerprint density at radius 1 is 1.32 bits per heavy atom. The molecule has 1 heterocycles. The highest BCUT2D eigenvalue weighted by atomic mass is 16.1. The number of fused-ring (bicyclic) bond motifs is 1. The molecule has 1 atom stereocenters. The van der Waals surface area contributed by atoms with Crippen molar-refractivity contribution < 1.29 is 6.22 Å². The maximum absolute atomic E-state index is 11.6. The molecule has 0 bridgehead atoms. The molecule has 0 saturated heterocycles. The molecular weight excluding hydrogens is 272 g/mol. The van der Waals surface area contributed by atoms with Gasteiger partial charge < -0.3 is 10.2 Å². The number of nitrogens with one attached hydrogen (secondary N) is 1. The van der Waals surface area contributed by atoms with Crippen LogP contribution in [0.4, 0.5) is 5.69 Å². The zero-order valence-electron chi connectivity index (χ0n) is 13.3. The molecule has 2 aliphatic rings. The average Bonchev–Trinajstić information content (AvgIpc) is 2.55. The van der Waals surface area contributed by atoms with Gasteiger partial charge in [-0.05, 0) is 42.9 Å². The number of hydrogen-bond donors (Lipinski definition) is 1. The molecule has 1 aromatic carbocycles. The Morgan fingerprint density at radius 2 is 2.09 bits per heavy atom. The Morgan fingerprint density at radius 3 is 2.86 bits per heavy atom. The van der Waals surface area contributed by atoms with Crippen LogP contribution in [0.15, 0.2) is 36.9 Å². The van der Waals surface area contributed by atoms with E-state index in [4.69, 9.17) is 0 Å². The minimum absolute atomic E-state index is 0. The van der Waals surface area contributed by atoms with Crippen LogP contribution in [0, 0.1) is 5.92 Å². The summed E-state index contributed by atoms with van der Waals surface area (Å²) in [7, 11) is 0. The van der Waals surface area contributed by atoms with Crippen molar-refractivity contribution in [3.05, 3.63) is 42.5 Å². The van der Waals surface area contributed by atoms with E-state index in [1.807, 2.05) is 0 Å². The van der Waals surface area contributed by atoms with Crippen LogP contribution in [0.25, 0.3) is 0 Å². The number of para-hydroxylation sites is 1. The van der Waals surface area contributed by atoms with E-state index in [-0.39, 0.29) is 13.4 Å². The lowest BCUT2D eigenvalue weighted by molar-refractivity contribution is -0.117. The molecule has 1 aliphatic carbocycles. The van der Waals surface area contributed by atoms with Gasteiger partial charge in [-0.15, -0.1) is 0 Å². The number of benzene rings is 1.